The van der Waals surface area contributed by atoms with E-state index in [-0.39, 0.29) is 5.78 Å². The van der Waals surface area contributed by atoms with Crippen molar-refractivity contribution in [3.05, 3.63) is 30.3 Å². The van der Waals surface area contributed by atoms with Gasteiger partial charge in [-0.05, 0) is 26.0 Å². The lowest BCUT2D eigenvalue weighted by atomic mass is 10.1. The van der Waals surface area contributed by atoms with Crippen molar-refractivity contribution in [3.63, 3.8) is 0 Å². The lowest BCUT2D eigenvalue weighted by Crippen LogP contribution is -2.34. The number of carboxylic acid groups (broad SMARTS) is 1. The lowest BCUT2D eigenvalue weighted by molar-refractivity contribution is -0.304. The molecule has 0 radical (unpaired) electrons. The van der Waals surface area contributed by atoms with Gasteiger partial charge in [0.1, 0.15) is 0 Å². The van der Waals surface area contributed by atoms with Gasteiger partial charge in [0.25, 0.3) is 0 Å². The molecule has 1 rings (SSSR count). The standard InChI is InChI=1S/C12H14O3S/c1-12(2,10(13)8-11(14)15)16-9-6-4-3-5-7-9/h3-7H,8H2,1-2H3,(H,14,15)/p-1. The molecule has 0 aromatic heterocycles. The average Bonchev–Trinajstić information content (AvgIpc) is 2.17. The maximum atomic E-state index is 11.6. The van der Waals surface area contributed by atoms with E-state index in [0.717, 1.165) is 4.90 Å². The Labute approximate surface area is 98.9 Å². The summed E-state index contributed by atoms with van der Waals surface area (Å²) in [4.78, 5) is 22.9. The van der Waals surface area contributed by atoms with Gasteiger partial charge in [0.15, 0.2) is 5.78 Å². The van der Waals surface area contributed by atoms with E-state index in [1.165, 1.54) is 11.8 Å². The molecule has 3 nitrogen and oxygen atoms in total. The summed E-state index contributed by atoms with van der Waals surface area (Å²) < 4.78 is -0.749. The normalized spacial score (nSPS) is 11.1. The number of thioether (sulfide) groups is 1. The second-order valence-corrected chi connectivity index (χ2v) is 5.59. The second kappa shape index (κ2) is 5.16. The molecule has 0 N–H and O–H groups in total. The summed E-state index contributed by atoms with van der Waals surface area (Å²) in [5.74, 6) is -1.66. The molecule has 0 saturated heterocycles. The molecule has 0 atom stereocenters. The van der Waals surface area contributed by atoms with Gasteiger partial charge in [-0.15, -0.1) is 11.8 Å². The van der Waals surface area contributed by atoms with Crippen LogP contribution < -0.4 is 5.11 Å². The fourth-order valence-corrected chi connectivity index (χ4v) is 2.25. The molecule has 0 bridgehead atoms. The Kier molecular flexibility index (Phi) is 4.12. The molecule has 0 aliphatic rings. The molecule has 0 fully saturated rings. The van der Waals surface area contributed by atoms with Gasteiger partial charge in [0.05, 0.1) is 4.75 Å². The first kappa shape index (κ1) is 12.8. The molecule has 0 heterocycles. The number of ketones is 1. The number of carboxylic acids is 1. The van der Waals surface area contributed by atoms with Crippen molar-refractivity contribution in [2.24, 2.45) is 0 Å². The van der Waals surface area contributed by atoms with Crippen molar-refractivity contribution < 1.29 is 14.7 Å². The first-order valence-electron chi connectivity index (χ1n) is 4.89. The molecule has 0 aliphatic carbocycles. The maximum Gasteiger partial charge on any atom is 0.154 e. The van der Waals surface area contributed by atoms with Crippen LogP contribution in [0.2, 0.25) is 0 Å². The van der Waals surface area contributed by atoms with Crippen LogP contribution in [0.15, 0.2) is 35.2 Å². The van der Waals surface area contributed by atoms with Crippen molar-refractivity contribution in [1.82, 2.24) is 0 Å². The van der Waals surface area contributed by atoms with Gasteiger partial charge in [-0.2, -0.15) is 0 Å². The lowest BCUT2D eigenvalue weighted by Gasteiger charge is -2.22. The van der Waals surface area contributed by atoms with Crippen molar-refractivity contribution in [3.8, 4) is 0 Å². The molecule has 0 spiro atoms. The van der Waals surface area contributed by atoms with Crippen LogP contribution in [-0.4, -0.2) is 16.5 Å². The van der Waals surface area contributed by atoms with E-state index in [2.05, 4.69) is 0 Å². The van der Waals surface area contributed by atoms with Crippen molar-refractivity contribution in [2.75, 3.05) is 0 Å². The Morgan fingerprint density at radius 3 is 2.31 bits per heavy atom. The summed E-state index contributed by atoms with van der Waals surface area (Å²) in [7, 11) is 0. The van der Waals surface area contributed by atoms with Crippen LogP contribution in [0.1, 0.15) is 20.3 Å². The highest BCUT2D eigenvalue weighted by atomic mass is 32.2. The zero-order valence-electron chi connectivity index (χ0n) is 9.23. The van der Waals surface area contributed by atoms with Crippen molar-refractivity contribution in [1.29, 1.82) is 0 Å². The van der Waals surface area contributed by atoms with Gasteiger partial charge in [0, 0.05) is 17.3 Å². The molecule has 0 amide bonds. The molecular weight excluding hydrogens is 224 g/mol. The predicted octanol–water partition coefficient (Wildman–Crippen LogP) is 1.27. The monoisotopic (exact) mass is 237 g/mol. The smallest absolute Gasteiger partial charge is 0.154 e. The van der Waals surface area contributed by atoms with E-state index in [1.54, 1.807) is 13.8 Å². The number of Topliss-reactive ketones (excluding diaryl/α,β-unsaturated/α-hetero) is 1. The number of hydrogen-bond acceptors (Lipinski definition) is 4. The number of carbonyl (C=O) groups excluding carboxylic acids is 2. The van der Waals surface area contributed by atoms with Crippen molar-refractivity contribution in [2.45, 2.75) is 29.9 Å². The summed E-state index contributed by atoms with van der Waals surface area (Å²) in [5.41, 5.74) is 0. The zero-order chi connectivity index (χ0) is 12.2. The average molecular weight is 237 g/mol. The fourth-order valence-electron chi connectivity index (χ4n) is 1.18. The molecule has 1 aromatic carbocycles. The highest BCUT2D eigenvalue weighted by molar-refractivity contribution is 8.01. The number of rotatable bonds is 5. The minimum absolute atomic E-state index is 0.332. The van der Waals surface area contributed by atoms with Gasteiger partial charge >= 0.3 is 0 Å². The first-order valence-corrected chi connectivity index (χ1v) is 5.70. The molecule has 86 valence electrons. The minimum Gasteiger partial charge on any atom is -0.550 e. The molecular formula is C12H13O3S-. The molecule has 0 aliphatic heterocycles. The van der Waals surface area contributed by atoms with Crippen LogP contribution in [0.4, 0.5) is 0 Å². The van der Waals surface area contributed by atoms with Crippen LogP contribution in [0, 0.1) is 0 Å². The van der Waals surface area contributed by atoms with Gasteiger partial charge < -0.3 is 9.90 Å². The Balaban J connectivity index is 2.71. The van der Waals surface area contributed by atoms with Gasteiger partial charge in [-0.1, -0.05) is 18.2 Å². The second-order valence-electron chi connectivity index (χ2n) is 3.90. The third kappa shape index (κ3) is 3.70. The Bertz CT molecular complexity index is 385. The predicted molar refractivity (Wildman–Crippen MR) is 61.0 cm³/mol. The van der Waals surface area contributed by atoms with Crippen LogP contribution in [0.25, 0.3) is 0 Å². The summed E-state index contributed by atoms with van der Waals surface area (Å²) in [5, 5.41) is 10.4. The summed E-state index contributed by atoms with van der Waals surface area (Å²) in [6, 6.07) is 9.42. The van der Waals surface area contributed by atoms with E-state index in [0.29, 0.717) is 0 Å². The van der Waals surface area contributed by atoms with E-state index < -0.39 is 17.1 Å². The quantitative estimate of drug-likeness (QED) is 0.571. The van der Waals surface area contributed by atoms with E-state index in [1.807, 2.05) is 30.3 Å². The number of aliphatic carboxylic acids is 1. The number of benzene rings is 1. The Morgan fingerprint density at radius 2 is 1.81 bits per heavy atom. The van der Waals surface area contributed by atoms with Crippen molar-refractivity contribution >= 4 is 23.5 Å². The minimum atomic E-state index is -1.33. The molecule has 16 heavy (non-hydrogen) atoms. The van der Waals surface area contributed by atoms with Crippen LogP contribution >= 0.6 is 11.8 Å². The Morgan fingerprint density at radius 1 is 1.25 bits per heavy atom. The largest absolute Gasteiger partial charge is 0.550 e. The number of carbonyl (C=O) groups is 2. The zero-order valence-corrected chi connectivity index (χ0v) is 10.0. The highest BCUT2D eigenvalue weighted by Crippen LogP contribution is 2.33. The van der Waals surface area contributed by atoms with Gasteiger partial charge in [0.2, 0.25) is 0 Å². The van der Waals surface area contributed by atoms with Gasteiger partial charge in [-0.25, -0.2) is 0 Å². The van der Waals surface area contributed by atoms with Crippen LogP contribution in [-0.2, 0) is 9.59 Å². The maximum absolute atomic E-state index is 11.6. The summed E-state index contributed by atoms with van der Waals surface area (Å²) in [6.45, 7) is 3.44. The highest BCUT2D eigenvalue weighted by Gasteiger charge is 2.28. The molecule has 0 saturated carbocycles. The van der Waals surface area contributed by atoms with E-state index >= 15 is 0 Å². The first-order chi connectivity index (χ1) is 7.42. The van der Waals surface area contributed by atoms with E-state index in [9.17, 15) is 14.7 Å². The topological polar surface area (TPSA) is 57.2 Å². The van der Waals surface area contributed by atoms with Crippen LogP contribution in [0.5, 0.6) is 0 Å². The third-order valence-corrected chi connectivity index (χ3v) is 3.34. The number of hydrogen-bond donors (Lipinski definition) is 0. The molecule has 1 aromatic rings. The molecule has 4 heteroatoms. The molecule has 0 unspecified atom stereocenters. The Hall–Kier alpha value is -1.29. The summed E-state index contributed by atoms with van der Waals surface area (Å²) in [6.07, 6.45) is -0.535. The summed E-state index contributed by atoms with van der Waals surface area (Å²) >= 11 is 1.36. The fraction of sp³-hybridized carbons (Fsp3) is 0.333. The third-order valence-electron chi connectivity index (χ3n) is 2.09. The van der Waals surface area contributed by atoms with Gasteiger partial charge in [-0.3, -0.25) is 4.79 Å². The van der Waals surface area contributed by atoms with E-state index in [4.69, 9.17) is 0 Å². The SMILES string of the molecule is CC(C)(Sc1ccccc1)C(=O)CC(=O)[O-]. The van der Waals surface area contributed by atoms with Crippen LogP contribution in [0.3, 0.4) is 0 Å².